The number of fused-ring (bicyclic) bond motifs is 1. The fraction of sp³-hybridized carbons (Fsp3) is 0.0769. The molecule has 1 aromatic rings. The van der Waals surface area contributed by atoms with Crippen LogP contribution < -0.4 is 4.74 Å². The van der Waals surface area contributed by atoms with E-state index < -0.39 is 0 Å². The summed E-state index contributed by atoms with van der Waals surface area (Å²) in [6.45, 7) is -0.125. The molecule has 0 radical (unpaired) electrons. The summed E-state index contributed by atoms with van der Waals surface area (Å²) in [6, 6.07) is 4.79. The average Bonchev–Trinajstić information content (AvgIpc) is 2.87. The van der Waals surface area contributed by atoms with Gasteiger partial charge in [0, 0.05) is 5.02 Å². The van der Waals surface area contributed by atoms with Crippen LogP contribution in [0.1, 0.15) is 10.4 Å². The van der Waals surface area contributed by atoms with Crippen molar-refractivity contribution in [3.63, 3.8) is 0 Å². The molecule has 0 atom stereocenters. The lowest BCUT2D eigenvalue weighted by Gasteiger charge is -2.05. The minimum Gasteiger partial charge on any atom is -0.485 e. The first-order chi connectivity index (χ1) is 9.16. The summed E-state index contributed by atoms with van der Waals surface area (Å²) in [5.74, 6) is -0.214. The maximum atomic E-state index is 12.5. The zero-order valence-corrected chi connectivity index (χ0v) is 11.9. The topological polar surface area (TPSA) is 43.4 Å². The highest BCUT2D eigenvalue weighted by molar-refractivity contribution is 8.27. The third-order valence-electron chi connectivity index (χ3n) is 2.66. The van der Waals surface area contributed by atoms with Crippen LogP contribution in [0.4, 0.5) is 0 Å². The quantitative estimate of drug-likeness (QED) is 0.540. The van der Waals surface area contributed by atoms with E-state index in [-0.39, 0.29) is 23.7 Å². The van der Waals surface area contributed by atoms with Crippen molar-refractivity contribution >= 4 is 46.7 Å². The van der Waals surface area contributed by atoms with Gasteiger partial charge in [0.05, 0.1) is 15.4 Å². The van der Waals surface area contributed by atoms with Gasteiger partial charge in [-0.15, -0.1) is 0 Å². The van der Waals surface area contributed by atoms with Crippen LogP contribution in [0.25, 0.3) is 0 Å². The van der Waals surface area contributed by atoms with Gasteiger partial charge in [-0.05, 0) is 29.0 Å². The van der Waals surface area contributed by atoms with Gasteiger partial charge in [-0.25, -0.2) is 0 Å². The van der Waals surface area contributed by atoms with Crippen LogP contribution in [0.5, 0.6) is 5.75 Å². The van der Waals surface area contributed by atoms with Crippen LogP contribution in [-0.4, -0.2) is 18.2 Å². The molecule has 0 amide bonds. The van der Waals surface area contributed by atoms with Crippen LogP contribution >= 0.6 is 35.1 Å². The number of ether oxygens (including phenoxy) is 1. The van der Waals surface area contributed by atoms with E-state index in [1.54, 1.807) is 12.1 Å². The maximum Gasteiger partial charge on any atom is 0.205 e. The number of halogens is 1. The minimum atomic E-state index is -0.321. The van der Waals surface area contributed by atoms with Crippen LogP contribution in [0.3, 0.4) is 0 Å². The van der Waals surface area contributed by atoms with Crippen LogP contribution in [0.15, 0.2) is 38.8 Å². The van der Waals surface area contributed by atoms with Crippen molar-refractivity contribution in [2.45, 2.75) is 0 Å². The molecule has 2 aliphatic rings. The second kappa shape index (κ2) is 5.07. The molecular formula is C13H7ClO3S2. The monoisotopic (exact) mass is 310 g/mol. The standard InChI is InChI=1S/C13H7ClO3S2/c14-7-1-2-10-8(5-7)12(16)11(9(15)6-17-10)13-18-3-4-19-13/h1-5H,6H2. The Balaban J connectivity index is 2.15. The molecule has 0 aromatic heterocycles. The van der Waals surface area contributed by atoms with Crippen molar-refractivity contribution in [3.05, 3.63) is 49.4 Å². The number of hydrogen-bond acceptors (Lipinski definition) is 5. The number of carbonyl (C=O) groups excluding carboxylic acids is 2. The normalized spacial score (nSPS) is 18.4. The van der Waals surface area contributed by atoms with Gasteiger partial charge in [0.1, 0.15) is 5.75 Å². The fourth-order valence-corrected chi connectivity index (χ4v) is 3.88. The largest absolute Gasteiger partial charge is 0.485 e. The SMILES string of the molecule is O=C1COc2ccc(Cl)cc2C(=O)C1=C1SC=CS1. The van der Waals surface area contributed by atoms with E-state index in [2.05, 4.69) is 0 Å². The molecule has 1 aromatic carbocycles. The molecule has 19 heavy (non-hydrogen) atoms. The first-order valence-electron chi connectivity index (χ1n) is 5.39. The number of ketones is 2. The zero-order valence-electron chi connectivity index (χ0n) is 9.51. The Morgan fingerprint density at radius 1 is 1.16 bits per heavy atom. The Bertz CT molecular complexity index is 639. The molecule has 0 saturated carbocycles. The van der Waals surface area contributed by atoms with Crippen molar-refractivity contribution in [1.82, 2.24) is 0 Å². The second-order valence-electron chi connectivity index (χ2n) is 3.85. The van der Waals surface area contributed by atoms with Gasteiger partial charge in [0.15, 0.2) is 6.61 Å². The third-order valence-corrected chi connectivity index (χ3v) is 5.03. The molecule has 96 valence electrons. The van der Waals surface area contributed by atoms with E-state index in [1.807, 2.05) is 10.8 Å². The van der Waals surface area contributed by atoms with Crippen molar-refractivity contribution in [2.75, 3.05) is 6.61 Å². The van der Waals surface area contributed by atoms with Crippen LogP contribution in [0.2, 0.25) is 5.02 Å². The van der Waals surface area contributed by atoms with E-state index in [1.165, 1.54) is 29.6 Å². The molecule has 0 bridgehead atoms. The number of carbonyl (C=O) groups is 2. The summed E-state index contributed by atoms with van der Waals surface area (Å²) in [5, 5.41) is 4.13. The molecule has 6 heteroatoms. The first kappa shape index (κ1) is 12.8. The highest BCUT2D eigenvalue weighted by Gasteiger charge is 2.31. The lowest BCUT2D eigenvalue weighted by Crippen LogP contribution is -2.16. The first-order valence-corrected chi connectivity index (χ1v) is 7.53. The molecule has 2 aliphatic heterocycles. The predicted octanol–water partition coefficient (Wildman–Crippen LogP) is 3.65. The molecule has 0 N–H and O–H groups in total. The Labute approximate surface area is 123 Å². The molecule has 0 aliphatic carbocycles. The molecule has 0 unspecified atom stereocenters. The van der Waals surface area contributed by atoms with Crippen molar-refractivity contribution in [3.8, 4) is 5.75 Å². The smallest absolute Gasteiger partial charge is 0.205 e. The van der Waals surface area contributed by atoms with Crippen molar-refractivity contribution in [2.24, 2.45) is 0 Å². The summed E-state index contributed by atoms with van der Waals surface area (Å²) >= 11 is 8.66. The Morgan fingerprint density at radius 3 is 2.63 bits per heavy atom. The molecule has 0 spiro atoms. The lowest BCUT2D eigenvalue weighted by molar-refractivity contribution is -0.116. The van der Waals surface area contributed by atoms with Gasteiger partial charge in [0.2, 0.25) is 11.6 Å². The number of Topliss-reactive ketones (excluding diaryl/α,β-unsaturated/α-hetero) is 2. The average molecular weight is 311 g/mol. The maximum absolute atomic E-state index is 12.5. The fourth-order valence-electron chi connectivity index (χ4n) is 1.81. The highest BCUT2D eigenvalue weighted by Crippen LogP contribution is 2.42. The van der Waals surface area contributed by atoms with E-state index in [9.17, 15) is 9.59 Å². The van der Waals surface area contributed by atoms with E-state index in [0.29, 0.717) is 20.6 Å². The summed E-state index contributed by atoms with van der Waals surface area (Å²) < 4.78 is 6.07. The summed E-state index contributed by atoms with van der Waals surface area (Å²) in [7, 11) is 0. The second-order valence-corrected chi connectivity index (χ2v) is 6.38. The van der Waals surface area contributed by atoms with Crippen molar-refractivity contribution in [1.29, 1.82) is 0 Å². The van der Waals surface area contributed by atoms with Crippen LogP contribution in [0, 0.1) is 0 Å². The highest BCUT2D eigenvalue weighted by atomic mass is 35.5. The van der Waals surface area contributed by atoms with E-state index >= 15 is 0 Å². The van der Waals surface area contributed by atoms with Gasteiger partial charge in [-0.2, -0.15) is 0 Å². The summed E-state index contributed by atoms with van der Waals surface area (Å²) in [4.78, 5) is 24.6. The molecule has 0 saturated heterocycles. The summed E-state index contributed by atoms with van der Waals surface area (Å²) in [5.41, 5.74) is 0.537. The summed E-state index contributed by atoms with van der Waals surface area (Å²) in [6.07, 6.45) is 0. The van der Waals surface area contributed by atoms with Crippen LogP contribution in [-0.2, 0) is 4.79 Å². The van der Waals surface area contributed by atoms with Gasteiger partial charge in [-0.3, -0.25) is 9.59 Å². The lowest BCUT2D eigenvalue weighted by atomic mass is 10.0. The van der Waals surface area contributed by atoms with E-state index in [4.69, 9.17) is 16.3 Å². The van der Waals surface area contributed by atoms with Gasteiger partial charge >= 0.3 is 0 Å². The molecule has 0 fully saturated rings. The minimum absolute atomic E-state index is 0.125. The Kier molecular flexibility index (Phi) is 3.43. The van der Waals surface area contributed by atoms with Gasteiger partial charge in [-0.1, -0.05) is 35.1 Å². The Hall–Kier alpha value is -1.17. The van der Waals surface area contributed by atoms with Gasteiger partial charge in [0.25, 0.3) is 0 Å². The zero-order chi connectivity index (χ0) is 13.4. The molecule has 3 nitrogen and oxygen atoms in total. The molecule has 2 heterocycles. The number of rotatable bonds is 0. The molecular weight excluding hydrogens is 304 g/mol. The predicted molar refractivity (Wildman–Crippen MR) is 77.6 cm³/mol. The number of hydrogen-bond donors (Lipinski definition) is 0. The number of thioether (sulfide) groups is 2. The Morgan fingerprint density at radius 2 is 1.89 bits per heavy atom. The van der Waals surface area contributed by atoms with Gasteiger partial charge < -0.3 is 4.74 Å². The number of benzene rings is 1. The molecule has 3 rings (SSSR count). The third kappa shape index (κ3) is 2.33. The van der Waals surface area contributed by atoms with E-state index in [0.717, 1.165) is 0 Å². The van der Waals surface area contributed by atoms with Crippen molar-refractivity contribution < 1.29 is 14.3 Å².